The Labute approximate surface area is 70.3 Å². The Hall–Kier alpha value is -0.290. The fourth-order valence-electron chi connectivity index (χ4n) is 1.14. The van der Waals surface area contributed by atoms with Gasteiger partial charge in [0, 0.05) is 6.20 Å². The molecule has 0 N–H and O–H groups in total. The molecule has 0 spiro atoms. The molecular formula is C9H16NP. The second kappa shape index (κ2) is 4.56. The molecule has 1 aromatic heterocycles. The van der Waals surface area contributed by atoms with Gasteiger partial charge >= 0.3 is 0 Å². The molecule has 0 saturated heterocycles. The van der Waals surface area contributed by atoms with Crippen LogP contribution < -0.4 is 0 Å². The molecule has 1 unspecified atom stereocenters. The van der Waals surface area contributed by atoms with Gasteiger partial charge in [-0.25, -0.2) is 0 Å². The lowest BCUT2D eigenvalue weighted by molar-refractivity contribution is 0.715. The molecule has 1 atom stereocenters. The molecule has 0 amide bonds. The third-order valence-corrected chi connectivity index (χ3v) is 2.96. The van der Waals surface area contributed by atoms with Crippen molar-refractivity contribution < 1.29 is 0 Å². The molecular weight excluding hydrogens is 153 g/mol. The van der Waals surface area contributed by atoms with Crippen LogP contribution in [0.3, 0.4) is 0 Å². The summed E-state index contributed by atoms with van der Waals surface area (Å²) in [5, 5.41) is 1.44. The number of nitrogens with zero attached hydrogens (tertiary/aromatic N) is 1. The Morgan fingerprint density at radius 3 is 2.82 bits per heavy atom. The van der Waals surface area contributed by atoms with Crippen LogP contribution in [-0.4, -0.2) is 4.98 Å². The summed E-state index contributed by atoms with van der Waals surface area (Å²) in [4.78, 5) is 4.36. The van der Waals surface area contributed by atoms with E-state index < -0.39 is 0 Å². The number of hydrogen-bond acceptors (Lipinski definition) is 1. The maximum Gasteiger partial charge on any atom is 0.0564 e. The zero-order chi connectivity index (χ0) is 8.10. The van der Waals surface area contributed by atoms with E-state index in [0.29, 0.717) is 0 Å². The summed E-state index contributed by atoms with van der Waals surface area (Å²) < 4.78 is 0. The first kappa shape index (κ1) is 8.80. The lowest BCUT2D eigenvalue weighted by Crippen LogP contribution is -1.81. The Balaban J connectivity index is 2.27. The number of hydrogen-bond donors (Lipinski definition) is 0. The van der Waals surface area contributed by atoms with E-state index >= 15 is 0 Å². The highest BCUT2D eigenvalue weighted by molar-refractivity contribution is 7.31. The highest BCUT2D eigenvalue weighted by Crippen LogP contribution is 2.19. The highest BCUT2D eigenvalue weighted by atomic mass is 31.0. The van der Waals surface area contributed by atoms with Gasteiger partial charge in [0.1, 0.15) is 0 Å². The van der Waals surface area contributed by atoms with Gasteiger partial charge in [-0.15, -0.1) is 8.19 Å². The van der Waals surface area contributed by atoms with E-state index in [1.807, 2.05) is 6.20 Å². The normalized spacial score (nSPS) is 11.1. The number of rotatable bonds is 4. The molecule has 0 saturated carbocycles. The number of aryl methyl sites for hydroxylation is 2. The van der Waals surface area contributed by atoms with Gasteiger partial charge in [0.15, 0.2) is 0 Å². The van der Waals surface area contributed by atoms with Crippen LogP contribution in [0, 0.1) is 6.92 Å². The smallest absolute Gasteiger partial charge is 0.0564 e. The van der Waals surface area contributed by atoms with E-state index in [4.69, 9.17) is 0 Å². The predicted molar refractivity (Wildman–Crippen MR) is 51.7 cm³/mol. The van der Waals surface area contributed by atoms with Crippen molar-refractivity contribution in [3.8, 4) is 0 Å². The molecule has 0 aromatic carbocycles. The average Bonchev–Trinajstić information content (AvgIpc) is 2.37. The quantitative estimate of drug-likeness (QED) is 0.631. The van der Waals surface area contributed by atoms with E-state index in [2.05, 4.69) is 18.8 Å². The van der Waals surface area contributed by atoms with Crippen LogP contribution in [-0.2, 0) is 6.42 Å². The van der Waals surface area contributed by atoms with E-state index in [1.54, 1.807) is 0 Å². The lowest BCUT2D eigenvalue weighted by atomic mass is 10.2. The standard InChI is InChI=1S/C9H16NP/c1-3-4-5-6-9-10-7-8(2)11-9/h7,11H,3-6H2,1-2H3. The van der Waals surface area contributed by atoms with Gasteiger partial charge in [0.2, 0.25) is 0 Å². The summed E-state index contributed by atoms with van der Waals surface area (Å²) in [6.45, 7) is 4.40. The number of unbranched alkanes of at least 4 members (excludes halogenated alkanes) is 2. The first-order valence-corrected chi connectivity index (χ1v) is 5.33. The summed E-state index contributed by atoms with van der Waals surface area (Å²) in [5.41, 5.74) is 1.41. The van der Waals surface area contributed by atoms with Crippen LogP contribution in [0.1, 0.15) is 36.9 Å². The molecule has 0 aliphatic carbocycles. The van der Waals surface area contributed by atoms with Crippen LogP contribution in [0.2, 0.25) is 0 Å². The molecule has 1 nitrogen and oxygen atoms in total. The van der Waals surface area contributed by atoms with Gasteiger partial charge < -0.3 is 0 Å². The Morgan fingerprint density at radius 2 is 2.27 bits per heavy atom. The molecule has 0 aliphatic heterocycles. The molecule has 0 bridgehead atoms. The molecule has 1 aromatic rings. The molecule has 0 radical (unpaired) electrons. The largest absolute Gasteiger partial charge is 0.257 e. The zero-order valence-corrected chi connectivity index (χ0v) is 8.35. The van der Waals surface area contributed by atoms with Crippen molar-refractivity contribution in [3.05, 3.63) is 16.9 Å². The van der Waals surface area contributed by atoms with Crippen molar-refractivity contribution >= 4 is 8.19 Å². The van der Waals surface area contributed by atoms with E-state index in [0.717, 1.165) is 8.19 Å². The third kappa shape index (κ3) is 3.07. The second-order valence-electron chi connectivity index (χ2n) is 2.97. The SMILES string of the molecule is CCCCCc1ncc(C)[pH]1. The van der Waals surface area contributed by atoms with Gasteiger partial charge in [-0.05, 0) is 25.1 Å². The average molecular weight is 169 g/mol. The molecule has 1 heterocycles. The fourth-order valence-corrected chi connectivity index (χ4v) is 2.15. The van der Waals surface area contributed by atoms with Crippen molar-refractivity contribution in [2.45, 2.75) is 39.5 Å². The molecule has 11 heavy (non-hydrogen) atoms. The van der Waals surface area contributed by atoms with E-state index in [1.165, 1.54) is 36.4 Å². The van der Waals surface area contributed by atoms with Gasteiger partial charge in [-0.3, -0.25) is 4.98 Å². The summed E-state index contributed by atoms with van der Waals surface area (Å²) in [6.07, 6.45) is 7.22. The van der Waals surface area contributed by atoms with Gasteiger partial charge in [-0.1, -0.05) is 19.8 Å². The summed E-state index contributed by atoms with van der Waals surface area (Å²) in [5.74, 6) is 0. The van der Waals surface area contributed by atoms with Crippen molar-refractivity contribution in [2.24, 2.45) is 0 Å². The van der Waals surface area contributed by atoms with Crippen molar-refractivity contribution in [1.82, 2.24) is 4.98 Å². The predicted octanol–water partition coefficient (Wildman–Crippen LogP) is 3.15. The second-order valence-corrected chi connectivity index (χ2v) is 4.59. The van der Waals surface area contributed by atoms with E-state index in [9.17, 15) is 0 Å². The summed E-state index contributed by atoms with van der Waals surface area (Å²) in [6, 6.07) is 0. The molecule has 0 aliphatic rings. The maximum atomic E-state index is 4.36. The summed E-state index contributed by atoms with van der Waals surface area (Å²) in [7, 11) is 0.896. The van der Waals surface area contributed by atoms with Gasteiger partial charge in [-0.2, -0.15) is 0 Å². The van der Waals surface area contributed by atoms with Crippen LogP contribution >= 0.6 is 8.19 Å². The molecule has 1 rings (SSSR count). The first-order chi connectivity index (χ1) is 5.33. The lowest BCUT2D eigenvalue weighted by Gasteiger charge is -1.93. The third-order valence-electron chi connectivity index (χ3n) is 1.77. The van der Waals surface area contributed by atoms with Crippen LogP contribution in [0.4, 0.5) is 0 Å². The van der Waals surface area contributed by atoms with Crippen LogP contribution in [0.25, 0.3) is 0 Å². The molecule has 2 heteroatoms. The van der Waals surface area contributed by atoms with E-state index in [-0.39, 0.29) is 0 Å². The maximum absolute atomic E-state index is 4.36. The fraction of sp³-hybridized carbons (Fsp3) is 0.667. The Kier molecular flexibility index (Phi) is 3.65. The topological polar surface area (TPSA) is 12.9 Å². The first-order valence-electron chi connectivity index (χ1n) is 4.33. The molecule has 0 fully saturated rings. The Morgan fingerprint density at radius 1 is 1.45 bits per heavy atom. The Bertz CT molecular complexity index is 205. The van der Waals surface area contributed by atoms with Crippen molar-refractivity contribution in [3.63, 3.8) is 0 Å². The van der Waals surface area contributed by atoms with Crippen LogP contribution in [0.15, 0.2) is 6.20 Å². The minimum Gasteiger partial charge on any atom is -0.257 e. The minimum absolute atomic E-state index is 0.896. The van der Waals surface area contributed by atoms with Crippen molar-refractivity contribution in [1.29, 1.82) is 0 Å². The number of aromatic nitrogens is 1. The van der Waals surface area contributed by atoms with Crippen molar-refractivity contribution in [2.75, 3.05) is 0 Å². The van der Waals surface area contributed by atoms with Gasteiger partial charge in [0.25, 0.3) is 0 Å². The monoisotopic (exact) mass is 169 g/mol. The molecule has 62 valence electrons. The zero-order valence-electron chi connectivity index (χ0n) is 7.35. The highest BCUT2D eigenvalue weighted by Gasteiger charge is 1.95. The summed E-state index contributed by atoms with van der Waals surface area (Å²) >= 11 is 0. The van der Waals surface area contributed by atoms with Crippen LogP contribution in [0.5, 0.6) is 0 Å². The van der Waals surface area contributed by atoms with Gasteiger partial charge in [0.05, 0.1) is 5.43 Å². The minimum atomic E-state index is 0.896.